The van der Waals surface area contributed by atoms with Crippen LogP contribution < -0.4 is 20.7 Å². The maximum atomic E-state index is 11.4. The summed E-state index contributed by atoms with van der Waals surface area (Å²) in [5.74, 6) is 0.953. The summed E-state index contributed by atoms with van der Waals surface area (Å²) in [6.07, 6.45) is 0. The van der Waals surface area contributed by atoms with Crippen LogP contribution in [0, 0.1) is 0 Å². The van der Waals surface area contributed by atoms with E-state index in [9.17, 15) is 4.79 Å². The largest absolute Gasteiger partial charge is 0.478 e. The Hall–Kier alpha value is -1.82. The number of rotatable bonds is 4. The number of anilines is 1. The number of carbonyl (C=O) groups is 1. The number of pyridine rings is 1. The van der Waals surface area contributed by atoms with Gasteiger partial charge < -0.3 is 20.7 Å². The molecule has 6 heteroatoms. The Bertz CT molecular complexity index is 424. The Balaban J connectivity index is 2.22. The minimum Gasteiger partial charge on any atom is -0.478 e. The first-order valence-corrected chi connectivity index (χ1v) is 6.09. The second-order valence-corrected chi connectivity index (χ2v) is 4.08. The third kappa shape index (κ3) is 2.70. The maximum Gasteiger partial charge on any atom is 0.241 e. The van der Waals surface area contributed by atoms with Crippen LogP contribution in [-0.4, -0.2) is 43.2 Å². The van der Waals surface area contributed by atoms with Crippen LogP contribution >= 0.6 is 0 Å². The number of carbonyl (C=O) groups excluding carboxylic acids is 1. The Kier molecular flexibility index (Phi) is 3.99. The van der Waals surface area contributed by atoms with Gasteiger partial charge in [0.05, 0.1) is 6.61 Å². The molecule has 6 nitrogen and oxygen atoms in total. The standard InChI is InChI=1S/C12H18N4O2/c1-2-18-11-5-3-4-10(15-11)16-7-6-14-8-9(16)12(13)17/h3-5,9,14H,2,6-8H2,1H3,(H2,13,17). The Labute approximate surface area is 106 Å². The average molecular weight is 250 g/mol. The molecule has 2 heterocycles. The molecule has 1 unspecified atom stereocenters. The van der Waals surface area contributed by atoms with Crippen LogP contribution in [0.15, 0.2) is 18.2 Å². The van der Waals surface area contributed by atoms with Gasteiger partial charge in [-0.25, -0.2) is 0 Å². The lowest BCUT2D eigenvalue weighted by molar-refractivity contribution is -0.119. The molecular weight excluding hydrogens is 232 g/mol. The lowest BCUT2D eigenvalue weighted by Gasteiger charge is -2.35. The van der Waals surface area contributed by atoms with Gasteiger partial charge in [-0.2, -0.15) is 4.98 Å². The van der Waals surface area contributed by atoms with Gasteiger partial charge in [0.25, 0.3) is 0 Å². The third-order valence-electron chi connectivity index (χ3n) is 2.87. The zero-order valence-electron chi connectivity index (χ0n) is 10.4. The van der Waals surface area contributed by atoms with Crippen LogP contribution in [0.1, 0.15) is 6.92 Å². The first-order valence-electron chi connectivity index (χ1n) is 6.09. The number of nitrogens with zero attached hydrogens (tertiary/aromatic N) is 2. The van der Waals surface area contributed by atoms with Crippen LogP contribution in [0.2, 0.25) is 0 Å². The Morgan fingerprint density at radius 2 is 2.50 bits per heavy atom. The molecular formula is C12H18N4O2. The maximum absolute atomic E-state index is 11.4. The number of primary amides is 1. The minimum atomic E-state index is -0.358. The van der Waals surface area contributed by atoms with Gasteiger partial charge in [-0.15, -0.1) is 0 Å². The SMILES string of the molecule is CCOc1cccc(N2CCNCC2C(N)=O)n1. The smallest absolute Gasteiger partial charge is 0.241 e. The molecule has 0 bridgehead atoms. The molecule has 1 amide bonds. The normalized spacial score (nSPS) is 19.6. The topological polar surface area (TPSA) is 80.5 Å². The van der Waals surface area contributed by atoms with Crippen molar-refractivity contribution in [3.05, 3.63) is 18.2 Å². The van der Waals surface area contributed by atoms with E-state index in [1.807, 2.05) is 24.0 Å². The number of aromatic nitrogens is 1. The van der Waals surface area contributed by atoms with Crippen molar-refractivity contribution in [2.24, 2.45) is 5.73 Å². The number of ether oxygens (including phenoxy) is 1. The molecule has 1 aliphatic rings. The van der Waals surface area contributed by atoms with E-state index in [2.05, 4.69) is 10.3 Å². The highest BCUT2D eigenvalue weighted by Crippen LogP contribution is 2.19. The molecule has 0 radical (unpaired) electrons. The van der Waals surface area contributed by atoms with Crippen LogP contribution in [0.3, 0.4) is 0 Å². The van der Waals surface area contributed by atoms with Crippen molar-refractivity contribution >= 4 is 11.7 Å². The number of hydrogen-bond acceptors (Lipinski definition) is 5. The van der Waals surface area contributed by atoms with Crippen LogP contribution in [0.25, 0.3) is 0 Å². The molecule has 0 spiro atoms. The van der Waals surface area contributed by atoms with Crippen molar-refractivity contribution < 1.29 is 9.53 Å². The van der Waals surface area contributed by atoms with E-state index >= 15 is 0 Å². The number of amides is 1. The van der Waals surface area contributed by atoms with Crippen molar-refractivity contribution in [3.8, 4) is 5.88 Å². The third-order valence-corrected chi connectivity index (χ3v) is 2.87. The summed E-state index contributed by atoms with van der Waals surface area (Å²) in [6.45, 7) is 4.54. The zero-order valence-corrected chi connectivity index (χ0v) is 10.4. The fourth-order valence-electron chi connectivity index (χ4n) is 2.02. The number of nitrogens with one attached hydrogen (secondary N) is 1. The van der Waals surface area contributed by atoms with Gasteiger partial charge in [-0.05, 0) is 13.0 Å². The fourth-order valence-corrected chi connectivity index (χ4v) is 2.02. The highest BCUT2D eigenvalue weighted by atomic mass is 16.5. The molecule has 1 saturated heterocycles. The van der Waals surface area contributed by atoms with E-state index in [4.69, 9.17) is 10.5 Å². The summed E-state index contributed by atoms with van der Waals surface area (Å²) in [6, 6.07) is 5.18. The molecule has 98 valence electrons. The highest BCUT2D eigenvalue weighted by molar-refractivity contribution is 5.83. The van der Waals surface area contributed by atoms with Crippen LogP contribution in [-0.2, 0) is 4.79 Å². The van der Waals surface area contributed by atoms with Crippen molar-refractivity contribution in [3.63, 3.8) is 0 Å². The minimum absolute atomic E-state index is 0.342. The first-order chi connectivity index (χ1) is 8.72. The molecule has 1 fully saturated rings. The summed E-state index contributed by atoms with van der Waals surface area (Å²) < 4.78 is 5.36. The van der Waals surface area contributed by atoms with E-state index in [1.165, 1.54) is 0 Å². The average Bonchev–Trinajstić information content (AvgIpc) is 2.39. The molecule has 0 aliphatic carbocycles. The van der Waals surface area contributed by atoms with Crippen molar-refractivity contribution in [1.29, 1.82) is 0 Å². The molecule has 1 aromatic rings. The van der Waals surface area contributed by atoms with E-state index < -0.39 is 0 Å². The number of nitrogens with two attached hydrogens (primary N) is 1. The quantitative estimate of drug-likeness (QED) is 0.770. The molecule has 0 aromatic carbocycles. The van der Waals surface area contributed by atoms with Crippen molar-refractivity contribution in [2.75, 3.05) is 31.1 Å². The van der Waals surface area contributed by atoms with Crippen LogP contribution in [0.5, 0.6) is 5.88 Å². The van der Waals surface area contributed by atoms with Crippen LogP contribution in [0.4, 0.5) is 5.82 Å². The van der Waals surface area contributed by atoms with E-state index in [1.54, 1.807) is 6.07 Å². The second-order valence-electron chi connectivity index (χ2n) is 4.08. The summed E-state index contributed by atoms with van der Waals surface area (Å²) >= 11 is 0. The van der Waals surface area contributed by atoms with Gasteiger partial charge in [0.2, 0.25) is 11.8 Å². The summed E-state index contributed by atoms with van der Waals surface area (Å²) in [5.41, 5.74) is 5.41. The van der Waals surface area contributed by atoms with E-state index in [0.717, 1.165) is 12.4 Å². The summed E-state index contributed by atoms with van der Waals surface area (Å²) in [4.78, 5) is 17.7. The Morgan fingerprint density at radius 3 is 3.22 bits per heavy atom. The van der Waals surface area contributed by atoms with Gasteiger partial charge in [0.15, 0.2) is 0 Å². The van der Waals surface area contributed by atoms with Crippen molar-refractivity contribution in [2.45, 2.75) is 13.0 Å². The number of piperazine rings is 1. The molecule has 1 atom stereocenters. The zero-order chi connectivity index (χ0) is 13.0. The first kappa shape index (κ1) is 12.6. The van der Waals surface area contributed by atoms with E-state index in [0.29, 0.717) is 25.6 Å². The molecule has 1 aromatic heterocycles. The van der Waals surface area contributed by atoms with Gasteiger partial charge >= 0.3 is 0 Å². The Morgan fingerprint density at radius 1 is 1.67 bits per heavy atom. The van der Waals surface area contributed by atoms with Gasteiger partial charge in [-0.3, -0.25) is 4.79 Å². The second kappa shape index (κ2) is 5.68. The van der Waals surface area contributed by atoms with Crippen molar-refractivity contribution in [1.82, 2.24) is 10.3 Å². The lowest BCUT2D eigenvalue weighted by Crippen LogP contribution is -2.57. The highest BCUT2D eigenvalue weighted by Gasteiger charge is 2.27. The predicted molar refractivity (Wildman–Crippen MR) is 68.6 cm³/mol. The van der Waals surface area contributed by atoms with Gasteiger partial charge in [0.1, 0.15) is 11.9 Å². The summed E-state index contributed by atoms with van der Waals surface area (Å²) in [5, 5.41) is 3.15. The number of hydrogen-bond donors (Lipinski definition) is 2. The lowest BCUT2D eigenvalue weighted by atomic mass is 10.2. The molecule has 0 saturated carbocycles. The monoisotopic (exact) mass is 250 g/mol. The van der Waals surface area contributed by atoms with E-state index in [-0.39, 0.29) is 11.9 Å². The van der Waals surface area contributed by atoms with Gasteiger partial charge in [0, 0.05) is 25.7 Å². The fraction of sp³-hybridized carbons (Fsp3) is 0.500. The molecule has 3 N–H and O–H groups in total. The molecule has 18 heavy (non-hydrogen) atoms. The van der Waals surface area contributed by atoms with Gasteiger partial charge in [-0.1, -0.05) is 6.07 Å². The summed E-state index contributed by atoms with van der Waals surface area (Å²) in [7, 11) is 0. The molecule has 2 rings (SSSR count). The molecule has 1 aliphatic heterocycles. The predicted octanol–water partition coefficient (Wildman–Crippen LogP) is -0.256.